The SMILES string of the molecule is CN(Cc1ccc(Cl)cc1Cl)C(=O)c1ccoc1Br. The molecule has 3 nitrogen and oxygen atoms in total. The fourth-order valence-electron chi connectivity index (χ4n) is 1.63. The van der Waals surface area contributed by atoms with Gasteiger partial charge in [0.15, 0.2) is 4.67 Å². The van der Waals surface area contributed by atoms with Gasteiger partial charge in [-0.1, -0.05) is 29.3 Å². The highest BCUT2D eigenvalue weighted by Crippen LogP contribution is 2.24. The first-order chi connectivity index (χ1) is 8.99. The van der Waals surface area contributed by atoms with E-state index in [9.17, 15) is 4.79 Å². The molecule has 0 atom stereocenters. The summed E-state index contributed by atoms with van der Waals surface area (Å²) in [4.78, 5) is 13.7. The molecule has 19 heavy (non-hydrogen) atoms. The number of hydrogen-bond acceptors (Lipinski definition) is 2. The van der Waals surface area contributed by atoms with Crippen LogP contribution in [0.2, 0.25) is 10.0 Å². The zero-order valence-electron chi connectivity index (χ0n) is 9.99. The number of halogens is 3. The number of nitrogens with zero attached hydrogens (tertiary/aromatic N) is 1. The Morgan fingerprint density at radius 2 is 2.11 bits per heavy atom. The van der Waals surface area contributed by atoms with E-state index in [1.807, 2.05) is 0 Å². The van der Waals surface area contributed by atoms with Crippen molar-refractivity contribution in [1.82, 2.24) is 4.90 Å². The number of benzene rings is 1. The first kappa shape index (κ1) is 14.4. The Hall–Kier alpha value is -0.970. The van der Waals surface area contributed by atoms with Crippen LogP contribution < -0.4 is 0 Å². The Balaban J connectivity index is 2.15. The van der Waals surface area contributed by atoms with Crippen molar-refractivity contribution in [2.75, 3.05) is 7.05 Å². The summed E-state index contributed by atoms with van der Waals surface area (Å²) in [6.45, 7) is 0.395. The van der Waals surface area contributed by atoms with E-state index in [-0.39, 0.29) is 5.91 Å². The van der Waals surface area contributed by atoms with Crippen LogP contribution in [0.15, 0.2) is 39.6 Å². The smallest absolute Gasteiger partial charge is 0.258 e. The molecule has 1 heterocycles. The molecule has 0 fully saturated rings. The second kappa shape index (κ2) is 5.99. The van der Waals surface area contributed by atoms with Crippen molar-refractivity contribution in [3.63, 3.8) is 0 Å². The van der Waals surface area contributed by atoms with Gasteiger partial charge in [-0.05, 0) is 39.7 Å². The van der Waals surface area contributed by atoms with Gasteiger partial charge in [0.25, 0.3) is 5.91 Å². The third kappa shape index (κ3) is 3.32. The average Bonchev–Trinajstić information content (AvgIpc) is 2.78. The molecule has 2 aromatic rings. The molecule has 1 aromatic carbocycles. The summed E-state index contributed by atoms with van der Waals surface area (Å²) in [6.07, 6.45) is 1.46. The van der Waals surface area contributed by atoms with E-state index in [1.54, 1.807) is 36.2 Å². The molecule has 100 valence electrons. The van der Waals surface area contributed by atoms with Gasteiger partial charge >= 0.3 is 0 Å². The Kier molecular flexibility index (Phi) is 4.55. The van der Waals surface area contributed by atoms with Gasteiger partial charge in [0.2, 0.25) is 0 Å². The van der Waals surface area contributed by atoms with Crippen LogP contribution in [-0.2, 0) is 6.54 Å². The van der Waals surface area contributed by atoms with Crippen molar-refractivity contribution in [2.24, 2.45) is 0 Å². The van der Waals surface area contributed by atoms with Gasteiger partial charge < -0.3 is 9.32 Å². The second-order valence-corrected chi connectivity index (χ2v) is 5.57. The molecule has 1 amide bonds. The molecular formula is C13H10BrCl2NO2. The van der Waals surface area contributed by atoms with Gasteiger partial charge in [-0.2, -0.15) is 0 Å². The molecule has 1 aromatic heterocycles. The van der Waals surface area contributed by atoms with Crippen molar-refractivity contribution < 1.29 is 9.21 Å². The quantitative estimate of drug-likeness (QED) is 0.798. The minimum atomic E-state index is -0.147. The van der Waals surface area contributed by atoms with Gasteiger partial charge in [-0.15, -0.1) is 0 Å². The topological polar surface area (TPSA) is 33.5 Å². The van der Waals surface area contributed by atoms with Crippen molar-refractivity contribution >= 4 is 45.0 Å². The second-order valence-electron chi connectivity index (χ2n) is 4.00. The summed E-state index contributed by atoms with van der Waals surface area (Å²) in [7, 11) is 1.70. The highest BCUT2D eigenvalue weighted by molar-refractivity contribution is 9.10. The fourth-order valence-corrected chi connectivity index (χ4v) is 2.51. The minimum absolute atomic E-state index is 0.147. The number of carbonyl (C=O) groups is 1. The molecule has 0 N–H and O–H groups in total. The predicted octanol–water partition coefficient (Wildman–Crippen LogP) is 4.62. The zero-order chi connectivity index (χ0) is 14.0. The number of amides is 1. The molecule has 2 rings (SSSR count). The van der Waals surface area contributed by atoms with E-state index in [1.165, 1.54) is 6.26 Å². The van der Waals surface area contributed by atoms with E-state index in [2.05, 4.69) is 15.9 Å². The van der Waals surface area contributed by atoms with Crippen molar-refractivity contribution in [2.45, 2.75) is 6.54 Å². The van der Waals surface area contributed by atoms with Crippen LogP contribution in [0.3, 0.4) is 0 Å². The lowest BCUT2D eigenvalue weighted by molar-refractivity contribution is 0.0783. The Morgan fingerprint density at radius 3 is 2.68 bits per heavy atom. The summed E-state index contributed by atoms with van der Waals surface area (Å²) in [5.74, 6) is -0.147. The summed E-state index contributed by atoms with van der Waals surface area (Å²) < 4.78 is 5.47. The van der Waals surface area contributed by atoms with Crippen LogP contribution >= 0.6 is 39.1 Å². The number of carbonyl (C=O) groups excluding carboxylic acids is 1. The summed E-state index contributed by atoms with van der Waals surface area (Å²) in [5, 5.41) is 1.11. The van der Waals surface area contributed by atoms with Crippen LogP contribution in [-0.4, -0.2) is 17.9 Å². The van der Waals surface area contributed by atoms with Crippen LogP contribution in [0.25, 0.3) is 0 Å². The van der Waals surface area contributed by atoms with E-state index in [0.29, 0.717) is 26.8 Å². The van der Waals surface area contributed by atoms with Crippen LogP contribution in [0.1, 0.15) is 15.9 Å². The third-order valence-electron chi connectivity index (χ3n) is 2.62. The van der Waals surface area contributed by atoms with Gasteiger partial charge in [0.1, 0.15) is 0 Å². The van der Waals surface area contributed by atoms with Gasteiger partial charge in [0.05, 0.1) is 11.8 Å². The Morgan fingerprint density at radius 1 is 1.37 bits per heavy atom. The molecule has 0 aliphatic carbocycles. The number of furan rings is 1. The molecule has 0 saturated carbocycles. The van der Waals surface area contributed by atoms with Gasteiger partial charge in [0, 0.05) is 23.6 Å². The van der Waals surface area contributed by atoms with E-state index in [0.717, 1.165) is 5.56 Å². The molecule has 0 saturated heterocycles. The zero-order valence-corrected chi connectivity index (χ0v) is 13.1. The largest absolute Gasteiger partial charge is 0.457 e. The molecule has 0 spiro atoms. The van der Waals surface area contributed by atoms with Crippen molar-refractivity contribution in [3.8, 4) is 0 Å². The molecule has 0 aliphatic rings. The Labute approximate surface area is 129 Å². The van der Waals surface area contributed by atoms with E-state index >= 15 is 0 Å². The standard InChI is InChI=1S/C13H10BrCl2NO2/c1-17(13(18)10-4-5-19-12(10)14)7-8-2-3-9(15)6-11(8)16/h2-6H,7H2,1H3. The number of rotatable bonds is 3. The third-order valence-corrected chi connectivity index (χ3v) is 3.82. The van der Waals surface area contributed by atoms with Crippen molar-refractivity contribution in [1.29, 1.82) is 0 Å². The van der Waals surface area contributed by atoms with Gasteiger partial charge in [-0.3, -0.25) is 4.79 Å². The first-order valence-electron chi connectivity index (χ1n) is 5.41. The van der Waals surface area contributed by atoms with Crippen LogP contribution in [0, 0.1) is 0 Å². The maximum absolute atomic E-state index is 12.2. The Bertz CT molecular complexity index is 612. The highest BCUT2D eigenvalue weighted by atomic mass is 79.9. The average molecular weight is 363 g/mol. The molecule has 0 aliphatic heterocycles. The highest BCUT2D eigenvalue weighted by Gasteiger charge is 2.18. The monoisotopic (exact) mass is 361 g/mol. The number of hydrogen-bond donors (Lipinski definition) is 0. The fraction of sp³-hybridized carbons (Fsp3) is 0.154. The van der Waals surface area contributed by atoms with Crippen LogP contribution in [0.5, 0.6) is 0 Å². The van der Waals surface area contributed by atoms with Crippen LogP contribution in [0.4, 0.5) is 0 Å². The van der Waals surface area contributed by atoms with E-state index in [4.69, 9.17) is 27.6 Å². The normalized spacial score (nSPS) is 10.5. The predicted molar refractivity (Wildman–Crippen MR) is 78.7 cm³/mol. The summed E-state index contributed by atoms with van der Waals surface area (Å²) in [5.41, 5.74) is 1.31. The molecule has 6 heteroatoms. The maximum atomic E-state index is 12.2. The molecule has 0 bridgehead atoms. The summed E-state index contributed by atoms with van der Waals surface area (Å²) >= 11 is 15.1. The maximum Gasteiger partial charge on any atom is 0.258 e. The molecule has 0 radical (unpaired) electrons. The lowest BCUT2D eigenvalue weighted by Crippen LogP contribution is -2.26. The molecular weight excluding hydrogens is 353 g/mol. The minimum Gasteiger partial charge on any atom is -0.457 e. The first-order valence-corrected chi connectivity index (χ1v) is 6.96. The summed E-state index contributed by atoms with van der Waals surface area (Å²) in [6, 6.07) is 6.82. The molecule has 0 unspecified atom stereocenters. The lowest BCUT2D eigenvalue weighted by atomic mass is 10.2. The lowest BCUT2D eigenvalue weighted by Gasteiger charge is -2.17. The van der Waals surface area contributed by atoms with E-state index < -0.39 is 0 Å². The van der Waals surface area contributed by atoms with Crippen molar-refractivity contribution in [3.05, 3.63) is 56.4 Å². The van der Waals surface area contributed by atoms with Gasteiger partial charge in [-0.25, -0.2) is 0 Å².